The summed E-state index contributed by atoms with van der Waals surface area (Å²) in [4.78, 5) is 0. The summed E-state index contributed by atoms with van der Waals surface area (Å²) >= 11 is 0. The van der Waals surface area contributed by atoms with E-state index in [0.717, 1.165) is 5.56 Å². The lowest BCUT2D eigenvalue weighted by Crippen LogP contribution is -2.18. The van der Waals surface area contributed by atoms with Gasteiger partial charge in [-0.1, -0.05) is 48.0 Å². The van der Waals surface area contributed by atoms with Gasteiger partial charge in [-0.25, -0.2) is 8.78 Å². The molecule has 3 heteroatoms. The first-order chi connectivity index (χ1) is 9.56. The zero-order chi connectivity index (χ0) is 14.5. The third-order valence-corrected chi connectivity index (χ3v) is 3.39. The van der Waals surface area contributed by atoms with Crippen LogP contribution in [-0.4, -0.2) is 0 Å². The highest BCUT2D eigenvalue weighted by Crippen LogP contribution is 2.20. The minimum Gasteiger partial charge on any atom is -0.306 e. The Hall–Kier alpha value is -1.74. The molecular weight excluding hydrogens is 256 g/mol. The van der Waals surface area contributed by atoms with Crippen molar-refractivity contribution in [1.82, 2.24) is 5.32 Å². The number of benzene rings is 2. The maximum absolute atomic E-state index is 12.6. The minimum absolute atomic E-state index is 0.0762. The highest BCUT2D eigenvalue weighted by atomic mass is 19.3. The lowest BCUT2D eigenvalue weighted by Gasteiger charge is -2.15. The van der Waals surface area contributed by atoms with Crippen molar-refractivity contribution < 1.29 is 8.78 Å². The Morgan fingerprint density at radius 1 is 1.00 bits per heavy atom. The van der Waals surface area contributed by atoms with Gasteiger partial charge in [0.2, 0.25) is 0 Å². The molecule has 0 heterocycles. The summed E-state index contributed by atoms with van der Waals surface area (Å²) in [5.74, 6) is 0. The van der Waals surface area contributed by atoms with Crippen molar-refractivity contribution in [3.63, 3.8) is 0 Å². The number of alkyl halides is 2. The van der Waals surface area contributed by atoms with Gasteiger partial charge in [-0.15, -0.1) is 0 Å². The maximum atomic E-state index is 12.6. The van der Waals surface area contributed by atoms with Crippen LogP contribution in [0, 0.1) is 6.92 Å². The van der Waals surface area contributed by atoms with Crippen molar-refractivity contribution in [2.24, 2.45) is 0 Å². The quantitative estimate of drug-likeness (QED) is 0.827. The summed E-state index contributed by atoms with van der Waals surface area (Å²) in [6.45, 7) is 4.70. The molecule has 0 fully saturated rings. The molecule has 0 bridgehead atoms. The Kier molecular flexibility index (Phi) is 4.85. The van der Waals surface area contributed by atoms with E-state index in [1.165, 1.54) is 17.2 Å². The van der Waals surface area contributed by atoms with Crippen LogP contribution < -0.4 is 5.32 Å². The Labute approximate surface area is 118 Å². The van der Waals surface area contributed by atoms with Gasteiger partial charge in [-0.2, -0.15) is 0 Å². The summed E-state index contributed by atoms with van der Waals surface area (Å²) in [5.41, 5.74) is 3.38. The fourth-order valence-electron chi connectivity index (χ4n) is 2.08. The van der Waals surface area contributed by atoms with Gasteiger partial charge in [-0.3, -0.25) is 0 Å². The molecule has 0 saturated carbocycles. The second-order valence-electron chi connectivity index (χ2n) is 5.06. The third-order valence-electron chi connectivity index (χ3n) is 3.39. The molecule has 2 rings (SSSR count). The standard InChI is InChI=1S/C17H19F2N/c1-12-6-8-15(9-7-12)13(2)20-11-14-4-3-5-16(10-14)17(18)19/h3-10,13,17,20H,11H2,1-2H3. The van der Waals surface area contributed by atoms with Gasteiger partial charge in [0, 0.05) is 18.2 Å². The van der Waals surface area contributed by atoms with Crippen LogP contribution in [0.5, 0.6) is 0 Å². The number of nitrogens with one attached hydrogen (secondary N) is 1. The molecule has 0 radical (unpaired) electrons. The fourth-order valence-corrected chi connectivity index (χ4v) is 2.08. The summed E-state index contributed by atoms with van der Waals surface area (Å²) in [6.07, 6.45) is -2.41. The lowest BCUT2D eigenvalue weighted by molar-refractivity contribution is 0.151. The normalized spacial score (nSPS) is 12.7. The second kappa shape index (κ2) is 6.62. The van der Waals surface area contributed by atoms with Gasteiger partial charge in [0.05, 0.1) is 0 Å². The monoisotopic (exact) mass is 275 g/mol. The first-order valence-electron chi connectivity index (χ1n) is 6.73. The minimum atomic E-state index is -2.41. The summed E-state index contributed by atoms with van der Waals surface area (Å²) in [6, 6.07) is 15.1. The zero-order valence-electron chi connectivity index (χ0n) is 11.7. The molecule has 1 unspecified atom stereocenters. The van der Waals surface area contributed by atoms with Crippen LogP contribution in [-0.2, 0) is 6.54 Å². The Balaban J connectivity index is 1.97. The second-order valence-corrected chi connectivity index (χ2v) is 5.06. The molecule has 1 atom stereocenters. The summed E-state index contributed by atoms with van der Waals surface area (Å²) in [7, 11) is 0. The SMILES string of the molecule is Cc1ccc(C(C)NCc2cccc(C(F)F)c2)cc1. The maximum Gasteiger partial charge on any atom is 0.263 e. The number of aryl methyl sites for hydroxylation is 1. The molecular formula is C17H19F2N. The molecule has 1 nitrogen and oxygen atoms in total. The van der Waals surface area contributed by atoms with Crippen molar-refractivity contribution in [3.8, 4) is 0 Å². The van der Waals surface area contributed by atoms with E-state index in [2.05, 4.69) is 43.4 Å². The van der Waals surface area contributed by atoms with Gasteiger partial charge in [0.25, 0.3) is 6.43 Å². The van der Waals surface area contributed by atoms with Crippen LogP contribution in [0.15, 0.2) is 48.5 Å². The Morgan fingerprint density at radius 2 is 1.70 bits per heavy atom. The highest BCUT2D eigenvalue weighted by molar-refractivity contribution is 5.26. The van der Waals surface area contributed by atoms with Crippen LogP contribution in [0.1, 0.15) is 41.6 Å². The molecule has 0 amide bonds. The van der Waals surface area contributed by atoms with Gasteiger partial charge in [0.1, 0.15) is 0 Å². The van der Waals surface area contributed by atoms with Gasteiger partial charge in [0.15, 0.2) is 0 Å². The van der Waals surface area contributed by atoms with Gasteiger partial charge >= 0.3 is 0 Å². The van der Waals surface area contributed by atoms with E-state index in [0.29, 0.717) is 6.54 Å². The topological polar surface area (TPSA) is 12.0 Å². The molecule has 2 aromatic carbocycles. The summed E-state index contributed by atoms with van der Waals surface area (Å²) in [5, 5.41) is 3.36. The van der Waals surface area contributed by atoms with Crippen LogP contribution in [0.4, 0.5) is 8.78 Å². The number of rotatable bonds is 5. The molecule has 1 N–H and O–H groups in total. The fraction of sp³-hybridized carbons (Fsp3) is 0.294. The average Bonchev–Trinajstić information content (AvgIpc) is 2.46. The van der Waals surface area contributed by atoms with Crippen LogP contribution in [0.3, 0.4) is 0 Å². The van der Waals surface area contributed by atoms with Crippen molar-refractivity contribution >= 4 is 0 Å². The zero-order valence-corrected chi connectivity index (χ0v) is 11.7. The number of hydrogen-bond donors (Lipinski definition) is 1. The van der Waals surface area contributed by atoms with Crippen molar-refractivity contribution in [2.75, 3.05) is 0 Å². The first kappa shape index (κ1) is 14.7. The predicted molar refractivity (Wildman–Crippen MR) is 77.8 cm³/mol. The lowest BCUT2D eigenvalue weighted by atomic mass is 10.1. The largest absolute Gasteiger partial charge is 0.306 e. The van der Waals surface area contributed by atoms with Crippen LogP contribution in [0.2, 0.25) is 0 Å². The molecule has 20 heavy (non-hydrogen) atoms. The smallest absolute Gasteiger partial charge is 0.263 e. The Bertz CT molecular complexity index is 549. The van der Waals surface area contributed by atoms with Crippen molar-refractivity contribution in [3.05, 3.63) is 70.8 Å². The van der Waals surface area contributed by atoms with E-state index in [-0.39, 0.29) is 11.6 Å². The molecule has 2 aromatic rings. The molecule has 0 saturated heterocycles. The Morgan fingerprint density at radius 3 is 2.35 bits per heavy atom. The van der Waals surface area contributed by atoms with Crippen LogP contribution in [0.25, 0.3) is 0 Å². The van der Waals surface area contributed by atoms with E-state index in [9.17, 15) is 8.78 Å². The molecule has 0 aromatic heterocycles. The van der Waals surface area contributed by atoms with Gasteiger partial charge in [-0.05, 0) is 31.0 Å². The van der Waals surface area contributed by atoms with E-state index < -0.39 is 6.43 Å². The van der Waals surface area contributed by atoms with E-state index in [1.54, 1.807) is 12.1 Å². The van der Waals surface area contributed by atoms with E-state index in [1.807, 2.05) is 6.07 Å². The van der Waals surface area contributed by atoms with Crippen molar-refractivity contribution in [1.29, 1.82) is 0 Å². The predicted octanol–water partition coefficient (Wildman–Crippen LogP) is 4.78. The molecule has 0 aliphatic rings. The van der Waals surface area contributed by atoms with E-state index >= 15 is 0 Å². The van der Waals surface area contributed by atoms with Crippen LogP contribution >= 0.6 is 0 Å². The van der Waals surface area contributed by atoms with Crippen molar-refractivity contribution in [2.45, 2.75) is 32.9 Å². The molecule has 0 aliphatic heterocycles. The third kappa shape index (κ3) is 3.87. The first-order valence-corrected chi connectivity index (χ1v) is 6.73. The molecule has 106 valence electrons. The van der Waals surface area contributed by atoms with E-state index in [4.69, 9.17) is 0 Å². The number of halogens is 2. The average molecular weight is 275 g/mol. The molecule has 0 spiro atoms. The number of hydrogen-bond acceptors (Lipinski definition) is 1. The highest BCUT2D eigenvalue weighted by Gasteiger charge is 2.08. The summed E-state index contributed by atoms with van der Waals surface area (Å²) < 4.78 is 25.3. The molecule has 0 aliphatic carbocycles. The van der Waals surface area contributed by atoms with Gasteiger partial charge < -0.3 is 5.32 Å².